The Labute approximate surface area is 258 Å². The van der Waals surface area contributed by atoms with Crippen LogP contribution in [-0.2, 0) is 9.53 Å². The van der Waals surface area contributed by atoms with Crippen molar-refractivity contribution in [2.45, 2.75) is 18.9 Å². The molecule has 3 aromatic carbocycles. The summed E-state index contributed by atoms with van der Waals surface area (Å²) in [6.07, 6.45) is 0. The lowest BCUT2D eigenvalue weighted by Gasteiger charge is -2.45. The average molecular weight is 603 g/mol. The number of anilines is 1. The molecule has 226 valence electrons. The number of ether oxygens (including phenoxy) is 2. The first-order chi connectivity index (χ1) is 21.0. The average Bonchev–Trinajstić information content (AvgIpc) is 3.05. The molecule has 3 aliphatic rings. The van der Waals surface area contributed by atoms with Gasteiger partial charge in [0.2, 0.25) is 5.91 Å². The van der Waals surface area contributed by atoms with E-state index in [1.165, 1.54) is 0 Å². The van der Waals surface area contributed by atoms with Crippen LogP contribution in [0.4, 0.5) is 5.69 Å². The van der Waals surface area contributed by atoms with Crippen molar-refractivity contribution in [1.82, 2.24) is 14.7 Å². The van der Waals surface area contributed by atoms with E-state index in [-0.39, 0.29) is 11.8 Å². The van der Waals surface area contributed by atoms with Gasteiger partial charge in [0.25, 0.3) is 5.91 Å². The first-order valence-electron chi connectivity index (χ1n) is 15.3. The molecular weight excluding hydrogens is 564 g/mol. The number of carbonyl (C=O) groups excluding carboxylic acids is 2. The number of benzene rings is 3. The molecule has 8 nitrogen and oxygen atoms in total. The van der Waals surface area contributed by atoms with E-state index in [1.807, 2.05) is 83.5 Å². The van der Waals surface area contributed by atoms with Crippen LogP contribution in [0.1, 0.15) is 40.4 Å². The molecule has 0 N–H and O–H groups in total. The van der Waals surface area contributed by atoms with E-state index in [1.54, 1.807) is 0 Å². The molecule has 9 heteroatoms. The third-order valence-electron chi connectivity index (χ3n) is 8.76. The Kier molecular flexibility index (Phi) is 9.17. The van der Waals surface area contributed by atoms with Crippen LogP contribution in [0.25, 0.3) is 0 Å². The third kappa shape index (κ3) is 6.37. The summed E-state index contributed by atoms with van der Waals surface area (Å²) in [5.74, 6) is 0.279. The lowest BCUT2D eigenvalue weighted by atomic mass is 9.78. The van der Waals surface area contributed by atoms with Gasteiger partial charge in [-0.15, -0.1) is 0 Å². The highest BCUT2D eigenvalue weighted by Gasteiger charge is 2.45. The molecule has 43 heavy (non-hydrogen) atoms. The molecule has 0 radical (unpaired) electrons. The van der Waals surface area contributed by atoms with E-state index >= 15 is 0 Å². The summed E-state index contributed by atoms with van der Waals surface area (Å²) < 4.78 is 11.3. The number of morpholine rings is 1. The monoisotopic (exact) mass is 602 g/mol. The SMILES string of the molecule is CCOc1ccc([C@H]2[C@H](C(=O)N3CCN(c4cccc(Cl)c4)CC3)c3ccccc3C(=O)N2CCN2CCOCC2)cc1. The summed E-state index contributed by atoms with van der Waals surface area (Å²) in [6, 6.07) is 23.0. The summed E-state index contributed by atoms with van der Waals surface area (Å²) in [5.41, 5.74) is 3.41. The molecule has 3 aliphatic heterocycles. The van der Waals surface area contributed by atoms with Crippen LogP contribution >= 0.6 is 11.6 Å². The summed E-state index contributed by atoms with van der Waals surface area (Å²) in [7, 11) is 0. The van der Waals surface area contributed by atoms with Crippen LogP contribution in [0.3, 0.4) is 0 Å². The van der Waals surface area contributed by atoms with Gasteiger partial charge < -0.3 is 24.2 Å². The molecule has 3 aromatic rings. The summed E-state index contributed by atoms with van der Waals surface area (Å²) in [5, 5.41) is 0.704. The third-order valence-corrected chi connectivity index (χ3v) is 9.00. The summed E-state index contributed by atoms with van der Waals surface area (Å²) in [4.78, 5) is 37.3. The molecule has 2 saturated heterocycles. The van der Waals surface area contributed by atoms with Crippen LogP contribution in [0.5, 0.6) is 5.75 Å². The molecular formula is C34H39ClN4O4. The number of fused-ring (bicyclic) bond motifs is 1. The quantitative estimate of drug-likeness (QED) is 0.372. The second-order valence-electron chi connectivity index (χ2n) is 11.3. The fourth-order valence-electron chi connectivity index (χ4n) is 6.53. The maximum Gasteiger partial charge on any atom is 0.254 e. The Morgan fingerprint density at radius 3 is 2.37 bits per heavy atom. The number of rotatable bonds is 8. The zero-order chi connectivity index (χ0) is 29.8. The van der Waals surface area contributed by atoms with Gasteiger partial charge in [-0.2, -0.15) is 0 Å². The smallest absolute Gasteiger partial charge is 0.254 e. The maximum absolute atomic E-state index is 14.6. The van der Waals surface area contributed by atoms with Crippen LogP contribution in [-0.4, -0.2) is 98.7 Å². The Morgan fingerprint density at radius 1 is 0.907 bits per heavy atom. The minimum atomic E-state index is -0.519. The van der Waals surface area contributed by atoms with Crippen molar-refractivity contribution < 1.29 is 19.1 Å². The van der Waals surface area contributed by atoms with Crippen molar-refractivity contribution in [1.29, 1.82) is 0 Å². The van der Waals surface area contributed by atoms with Crippen LogP contribution in [0.2, 0.25) is 5.02 Å². The normalized spacial score (nSPS) is 21.1. The standard InChI is InChI=1S/C34H39ClN4O4/c1-2-43-28-12-10-25(11-13-28)32-31(34(41)38-17-15-37(16-18-38)27-7-5-6-26(35)24-27)29-8-3-4-9-30(29)33(40)39(32)19-14-36-20-22-42-23-21-36/h3-13,24,31-32H,2,14-23H2,1H3/t31-,32+/m1/s1. The molecule has 3 heterocycles. The van der Waals surface area contributed by atoms with Gasteiger partial charge in [0.1, 0.15) is 5.75 Å². The van der Waals surface area contributed by atoms with Gasteiger partial charge >= 0.3 is 0 Å². The summed E-state index contributed by atoms with van der Waals surface area (Å²) >= 11 is 6.25. The van der Waals surface area contributed by atoms with Gasteiger partial charge in [0.05, 0.1) is 31.8 Å². The maximum atomic E-state index is 14.6. The molecule has 2 fully saturated rings. The zero-order valence-corrected chi connectivity index (χ0v) is 25.4. The van der Waals surface area contributed by atoms with Crippen LogP contribution in [0.15, 0.2) is 72.8 Å². The Bertz CT molecular complexity index is 1420. The predicted octanol–water partition coefficient (Wildman–Crippen LogP) is 4.70. The minimum absolute atomic E-state index is 0.0300. The number of nitrogens with zero attached hydrogens (tertiary/aromatic N) is 4. The fourth-order valence-corrected chi connectivity index (χ4v) is 6.72. The van der Waals surface area contributed by atoms with Gasteiger partial charge in [-0.1, -0.05) is 48.0 Å². The molecule has 6 rings (SSSR count). The molecule has 0 unspecified atom stereocenters. The molecule has 0 spiro atoms. The molecule has 0 saturated carbocycles. The number of amides is 2. The fraction of sp³-hybridized carbons (Fsp3) is 0.412. The van der Waals surface area contributed by atoms with Gasteiger partial charge in [-0.25, -0.2) is 0 Å². The van der Waals surface area contributed by atoms with Crippen LogP contribution in [0, 0.1) is 0 Å². The van der Waals surface area contributed by atoms with Crippen molar-refractivity contribution in [2.24, 2.45) is 0 Å². The van der Waals surface area contributed by atoms with Crippen molar-refractivity contribution >= 4 is 29.1 Å². The molecule has 2 atom stereocenters. The summed E-state index contributed by atoms with van der Waals surface area (Å²) in [6.45, 7) is 9.48. The first kappa shape index (κ1) is 29.5. The Balaban J connectivity index is 1.32. The molecule has 2 amide bonds. The van der Waals surface area contributed by atoms with Gasteiger partial charge in [0, 0.05) is 68.6 Å². The van der Waals surface area contributed by atoms with E-state index < -0.39 is 12.0 Å². The van der Waals surface area contributed by atoms with Gasteiger partial charge in [-0.3, -0.25) is 14.5 Å². The second-order valence-corrected chi connectivity index (χ2v) is 11.7. The number of hydrogen-bond donors (Lipinski definition) is 0. The minimum Gasteiger partial charge on any atom is -0.494 e. The Hall–Kier alpha value is -3.59. The highest BCUT2D eigenvalue weighted by molar-refractivity contribution is 6.30. The van der Waals surface area contributed by atoms with Gasteiger partial charge in [-0.05, 0) is 54.4 Å². The second kappa shape index (κ2) is 13.4. The lowest BCUT2D eigenvalue weighted by molar-refractivity contribution is -0.135. The number of halogens is 1. The lowest BCUT2D eigenvalue weighted by Crippen LogP contribution is -2.54. The molecule has 0 aliphatic carbocycles. The number of hydrogen-bond acceptors (Lipinski definition) is 6. The van der Waals surface area contributed by atoms with E-state index in [9.17, 15) is 9.59 Å². The first-order valence-corrected chi connectivity index (χ1v) is 15.6. The van der Waals surface area contributed by atoms with E-state index in [0.29, 0.717) is 63.1 Å². The van der Waals surface area contributed by atoms with Crippen molar-refractivity contribution in [2.75, 3.05) is 77.1 Å². The molecule has 0 bridgehead atoms. The highest BCUT2D eigenvalue weighted by atomic mass is 35.5. The topological polar surface area (TPSA) is 65.6 Å². The number of carbonyl (C=O) groups is 2. The Morgan fingerprint density at radius 2 is 1.65 bits per heavy atom. The highest BCUT2D eigenvalue weighted by Crippen LogP contribution is 2.44. The van der Waals surface area contributed by atoms with Crippen molar-refractivity contribution in [3.63, 3.8) is 0 Å². The molecule has 0 aromatic heterocycles. The predicted molar refractivity (Wildman–Crippen MR) is 168 cm³/mol. The van der Waals surface area contributed by atoms with E-state index in [0.717, 1.165) is 42.2 Å². The van der Waals surface area contributed by atoms with E-state index in [2.05, 4.69) is 15.9 Å². The zero-order valence-electron chi connectivity index (χ0n) is 24.7. The van der Waals surface area contributed by atoms with Crippen molar-refractivity contribution in [3.05, 3.63) is 94.5 Å². The number of piperazine rings is 1. The largest absolute Gasteiger partial charge is 0.494 e. The van der Waals surface area contributed by atoms with E-state index in [4.69, 9.17) is 21.1 Å². The van der Waals surface area contributed by atoms with Gasteiger partial charge in [0.15, 0.2) is 0 Å². The van der Waals surface area contributed by atoms with Crippen molar-refractivity contribution in [3.8, 4) is 5.75 Å². The van der Waals surface area contributed by atoms with Crippen LogP contribution < -0.4 is 9.64 Å².